The Hall–Kier alpha value is -2.34. The number of carbonyl (C=O) groups excluding carboxylic acids is 1. The van der Waals surface area contributed by atoms with Gasteiger partial charge in [0.05, 0.1) is 11.5 Å². The molecule has 0 saturated carbocycles. The number of amides is 1. The molecule has 2 aromatic carbocycles. The highest BCUT2D eigenvalue weighted by atomic mass is 32.2. The van der Waals surface area contributed by atoms with Crippen molar-refractivity contribution >= 4 is 15.7 Å². The lowest BCUT2D eigenvalue weighted by Crippen LogP contribution is -2.43. The topological polar surface area (TPSA) is 63.7 Å². The average molecular weight is 430 g/mol. The van der Waals surface area contributed by atoms with E-state index in [4.69, 9.17) is 4.74 Å². The van der Waals surface area contributed by atoms with E-state index < -0.39 is 9.84 Å². The summed E-state index contributed by atoms with van der Waals surface area (Å²) in [6.45, 7) is 8.45. The van der Waals surface area contributed by atoms with E-state index in [1.807, 2.05) is 44.2 Å². The van der Waals surface area contributed by atoms with Gasteiger partial charge < -0.3 is 9.64 Å². The van der Waals surface area contributed by atoms with Crippen LogP contribution in [-0.2, 0) is 21.2 Å². The number of aryl methyl sites for hydroxylation is 2. The number of hydrogen-bond donors (Lipinski definition) is 0. The third-order valence-electron chi connectivity index (χ3n) is 5.72. The minimum absolute atomic E-state index is 0.0200. The van der Waals surface area contributed by atoms with Crippen LogP contribution in [0.3, 0.4) is 0 Å². The van der Waals surface area contributed by atoms with E-state index in [0.717, 1.165) is 16.7 Å². The van der Waals surface area contributed by atoms with E-state index in [1.165, 1.54) is 5.56 Å². The third kappa shape index (κ3) is 5.42. The van der Waals surface area contributed by atoms with E-state index in [0.29, 0.717) is 24.6 Å². The van der Waals surface area contributed by atoms with E-state index >= 15 is 0 Å². The maximum Gasteiger partial charge on any atom is 0.261 e. The standard InChI is InChI=1S/C24H31NO4S/c1-17(2)21-10-8-20(9-11-21)14-25(22-12-13-30(27,28)16-22)23(26)15-29-24-18(3)6-5-7-19(24)4/h5-11,17,22H,12-16H2,1-4H3. The highest BCUT2D eigenvalue weighted by Crippen LogP contribution is 2.24. The normalized spacial score (nSPS) is 17.8. The number of ether oxygens (including phenoxy) is 1. The van der Waals surface area contributed by atoms with Gasteiger partial charge >= 0.3 is 0 Å². The molecular weight excluding hydrogens is 398 g/mol. The Morgan fingerprint density at radius 1 is 1.10 bits per heavy atom. The Balaban J connectivity index is 1.77. The number of para-hydroxylation sites is 1. The molecule has 1 unspecified atom stereocenters. The van der Waals surface area contributed by atoms with Crippen LogP contribution in [0, 0.1) is 13.8 Å². The molecule has 1 aliphatic rings. The van der Waals surface area contributed by atoms with Crippen molar-refractivity contribution in [3.05, 3.63) is 64.7 Å². The Morgan fingerprint density at radius 3 is 2.27 bits per heavy atom. The molecule has 1 aliphatic heterocycles. The second-order valence-corrected chi connectivity index (χ2v) is 10.7. The van der Waals surface area contributed by atoms with Crippen molar-refractivity contribution in [2.75, 3.05) is 18.1 Å². The summed E-state index contributed by atoms with van der Waals surface area (Å²) < 4.78 is 29.9. The van der Waals surface area contributed by atoms with E-state index in [1.54, 1.807) is 4.90 Å². The summed E-state index contributed by atoms with van der Waals surface area (Å²) in [5, 5.41) is 0. The third-order valence-corrected chi connectivity index (χ3v) is 7.47. The number of benzene rings is 2. The van der Waals surface area contributed by atoms with Crippen molar-refractivity contribution in [3.8, 4) is 5.75 Å². The van der Waals surface area contributed by atoms with Crippen LogP contribution in [0.5, 0.6) is 5.75 Å². The van der Waals surface area contributed by atoms with Gasteiger partial charge in [-0.15, -0.1) is 0 Å². The minimum Gasteiger partial charge on any atom is -0.483 e. The summed E-state index contributed by atoms with van der Waals surface area (Å²) >= 11 is 0. The summed E-state index contributed by atoms with van der Waals surface area (Å²) in [6.07, 6.45) is 0.474. The molecule has 30 heavy (non-hydrogen) atoms. The van der Waals surface area contributed by atoms with Crippen molar-refractivity contribution in [1.29, 1.82) is 0 Å². The molecule has 1 atom stereocenters. The Labute approximate surface area is 180 Å². The average Bonchev–Trinajstić information content (AvgIpc) is 3.05. The number of rotatable bonds is 7. The lowest BCUT2D eigenvalue weighted by molar-refractivity contribution is -0.136. The van der Waals surface area contributed by atoms with Gasteiger partial charge in [0, 0.05) is 12.6 Å². The van der Waals surface area contributed by atoms with Crippen LogP contribution in [0.15, 0.2) is 42.5 Å². The SMILES string of the molecule is Cc1cccc(C)c1OCC(=O)N(Cc1ccc(C(C)C)cc1)C1CCS(=O)(=O)C1. The first-order valence-electron chi connectivity index (χ1n) is 10.4. The molecule has 6 heteroatoms. The molecule has 0 spiro atoms. The summed E-state index contributed by atoms with van der Waals surface area (Å²) in [5.74, 6) is 1.11. The first-order chi connectivity index (χ1) is 14.2. The van der Waals surface area contributed by atoms with E-state index in [-0.39, 0.29) is 30.1 Å². The molecule has 0 aromatic heterocycles. The predicted octanol–water partition coefficient (Wildman–Crippen LogP) is 4.02. The monoisotopic (exact) mass is 429 g/mol. The van der Waals surface area contributed by atoms with Crippen LogP contribution >= 0.6 is 0 Å². The Kier molecular flexibility index (Phi) is 6.86. The highest BCUT2D eigenvalue weighted by Gasteiger charge is 2.34. The zero-order chi connectivity index (χ0) is 21.9. The molecule has 3 rings (SSSR count). The van der Waals surface area contributed by atoms with E-state index in [2.05, 4.69) is 26.0 Å². The van der Waals surface area contributed by atoms with Gasteiger partial charge in [-0.1, -0.05) is 56.3 Å². The fourth-order valence-corrected chi connectivity index (χ4v) is 5.62. The molecule has 5 nitrogen and oxygen atoms in total. The number of carbonyl (C=O) groups is 1. The van der Waals surface area contributed by atoms with Gasteiger partial charge in [0.2, 0.25) is 0 Å². The smallest absolute Gasteiger partial charge is 0.261 e. The molecule has 162 valence electrons. The fraction of sp³-hybridized carbons (Fsp3) is 0.458. The van der Waals surface area contributed by atoms with E-state index in [9.17, 15) is 13.2 Å². The summed E-state index contributed by atoms with van der Waals surface area (Å²) in [7, 11) is -3.10. The maximum absolute atomic E-state index is 13.1. The van der Waals surface area contributed by atoms with Crippen LogP contribution in [0.25, 0.3) is 0 Å². The van der Waals surface area contributed by atoms with Crippen molar-refractivity contribution < 1.29 is 17.9 Å². The number of nitrogens with zero attached hydrogens (tertiary/aromatic N) is 1. The second kappa shape index (κ2) is 9.21. The molecular formula is C24H31NO4S. The second-order valence-electron chi connectivity index (χ2n) is 8.48. The molecule has 1 saturated heterocycles. The molecule has 0 radical (unpaired) electrons. The van der Waals surface area contributed by atoms with Gasteiger partial charge in [-0.2, -0.15) is 0 Å². The Bertz CT molecular complexity index is 976. The number of hydrogen-bond acceptors (Lipinski definition) is 4. The fourth-order valence-electron chi connectivity index (χ4n) is 3.89. The van der Waals surface area contributed by atoms with Crippen LogP contribution < -0.4 is 4.74 Å². The first kappa shape index (κ1) is 22.3. The van der Waals surface area contributed by atoms with Gasteiger partial charge in [-0.3, -0.25) is 4.79 Å². The van der Waals surface area contributed by atoms with Crippen LogP contribution in [0.1, 0.15) is 48.4 Å². The summed E-state index contributed by atoms with van der Waals surface area (Å²) in [5.41, 5.74) is 4.17. The zero-order valence-electron chi connectivity index (χ0n) is 18.2. The summed E-state index contributed by atoms with van der Waals surface area (Å²) in [6, 6.07) is 13.7. The molecule has 1 amide bonds. The quantitative estimate of drug-likeness (QED) is 0.667. The van der Waals surface area contributed by atoms with Gasteiger partial charge in [0.1, 0.15) is 5.75 Å². The zero-order valence-corrected chi connectivity index (χ0v) is 19.0. The van der Waals surface area contributed by atoms with Gasteiger partial charge in [-0.25, -0.2) is 8.42 Å². The largest absolute Gasteiger partial charge is 0.483 e. The van der Waals surface area contributed by atoms with Crippen molar-refractivity contribution in [2.24, 2.45) is 0 Å². The van der Waals surface area contributed by atoms with Gasteiger partial charge in [0.25, 0.3) is 5.91 Å². The van der Waals surface area contributed by atoms with Crippen LogP contribution in [-0.4, -0.2) is 43.4 Å². The lowest BCUT2D eigenvalue weighted by Gasteiger charge is -2.29. The Morgan fingerprint density at radius 2 is 1.73 bits per heavy atom. The van der Waals surface area contributed by atoms with Crippen LogP contribution in [0.2, 0.25) is 0 Å². The van der Waals surface area contributed by atoms with Crippen molar-refractivity contribution in [3.63, 3.8) is 0 Å². The summed E-state index contributed by atoms with van der Waals surface area (Å²) in [4.78, 5) is 14.8. The lowest BCUT2D eigenvalue weighted by atomic mass is 10.0. The molecule has 0 N–H and O–H groups in total. The molecule has 2 aromatic rings. The molecule has 1 fully saturated rings. The van der Waals surface area contributed by atoms with Crippen LogP contribution in [0.4, 0.5) is 0 Å². The minimum atomic E-state index is -3.10. The molecule has 0 aliphatic carbocycles. The maximum atomic E-state index is 13.1. The predicted molar refractivity (Wildman–Crippen MR) is 120 cm³/mol. The molecule has 1 heterocycles. The van der Waals surface area contributed by atoms with Gasteiger partial charge in [0.15, 0.2) is 16.4 Å². The van der Waals surface area contributed by atoms with Crippen molar-refractivity contribution in [1.82, 2.24) is 4.90 Å². The van der Waals surface area contributed by atoms with Gasteiger partial charge in [-0.05, 0) is 48.4 Å². The first-order valence-corrected chi connectivity index (χ1v) is 12.3. The van der Waals surface area contributed by atoms with Crippen molar-refractivity contribution in [2.45, 2.75) is 52.6 Å². The molecule has 0 bridgehead atoms. The number of sulfone groups is 1. The highest BCUT2D eigenvalue weighted by molar-refractivity contribution is 7.91.